The highest BCUT2D eigenvalue weighted by Crippen LogP contribution is 2.19. The quantitative estimate of drug-likeness (QED) is 0.549. The number of benzene rings is 1. The zero-order valence-electron chi connectivity index (χ0n) is 6.17. The van der Waals surface area contributed by atoms with E-state index in [1.807, 2.05) is 18.2 Å². The van der Waals surface area contributed by atoms with Gasteiger partial charge >= 0.3 is 0 Å². The van der Waals surface area contributed by atoms with Gasteiger partial charge in [-0.3, -0.25) is 0 Å². The molecular formula is C8H9N. The fourth-order valence-electron chi connectivity index (χ4n) is 1.17. The minimum absolute atomic E-state index is 0.847. The van der Waals surface area contributed by atoms with E-state index in [-0.39, 0.29) is 0 Å². The molecule has 2 rings (SSSR count). The highest BCUT2D eigenvalue weighted by Gasteiger charge is 2.05. The number of rotatable bonds is 0. The lowest BCUT2D eigenvalue weighted by Crippen LogP contribution is -1.90. The van der Waals surface area contributed by atoms with Crippen LogP contribution in [0.3, 0.4) is 0 Å². The molecule has 0 saturated carbocycles. The van der Waals surface area contributed by atoms with Gasteiger partial charge in [-0.25, -0.2) is 0 Å². The molecule has 0 spiro atoms. The van der Waals surface area contributed by atoms with Crippen molar-refractivity contribution >= 4 is 5.69 Å². The number of fused-ring (bicyclic) bond motifs is 1. The van der Waals surface area contributed by atoms with Crippen LogP contribution in [0.15, 0.2) is 24.3 Å². The predicted octanol–water partition coefficient (Wildman–Crippen LogP) is 1.65. The molecule has 0 aliphatic carbocycles. The van der Waals surface area contributed by atoms with Gasteiger partial charge in [0.05, 0.1) is 0 Å². The average molecular weight is 120 g/mol. The van der Waals surface area contributed by atoms with E-state index in [1.165, 1.54) is 5.56 Å². The topological polar surface area (TPSA) is 12.0 Å². The molecule has 0 amide bonds. The maximum Gasteiger partial charge on any atom is 0.160 e. The number of para-hydroxylation sites is 1. The molecule has 1 aliphatic rings. The Hall–Kier alpha value is -0.980. The minimum Gasteiger partial charge on any atom is -0.384 e. The van der Waals surface area contributed by atoms with Gasteiger partial charge in [-0.15, -0.1) is 0 Å². The summed E-state index contributed by atoms with van der Waals surface area (Å²) in [7, 11) is 0. The average Bonchev–Trinajstić information content (AvgIpc) is 2.34. The molecule has 1 heterocycles. The normalized spacial score (nSPS) is 17.3. The summed E-state index contributed by atoms with van der Waals surface area (Å²) in [6.45, 7) is 0.847. The lowest BCUT2D eigenvalue weighted by atomic mass is 10.2. The van der Waals surface area contributed by atoms with Gasteiger partial charge in [0.15, 0.2) is 1.41 Å². The third kappa shape index (κ3) is 0.689. The van der Waals surface area contributed by atoms with Crippen LogP contribution in [-0.2, 0) is 6.42 Å². The SMILES string of the molecule is [2H]N1CCc2ccccc21. The number of hydrogen-bond donors (Lipinski definition) is 1. The Morgan fingerprint density at radius 1 is 1.44 bits per heavy atom. The van der Waals surface area contributed by atoms with Crippen LogP contribution in [0.4, 0.5) is 5.69 Å². The monoisotopic (exact) mass is 120 g/mol. The van der Waals surface area contributed by atoms with E-state index in [4.69, 9.17) is 1.41 Å². The first-order valence-electron chi connectivity index (χ1n) is 3.67. The predicted molar refractivity (Wildman–Crippen MR) is 38.6 cm³/mol. The standard InChI is InChI=1S/C8H9N/c1-2-4-8-7(3-1)5-6-9-8/h1-4,9H,5-6H2/i/hD. The van der Waals surface area contributed by atoms with Gasteiger partial charge in [0.25, 0.3) is 0 Å². The summed E-state index contributed by atoms with van der Waals surface area (Å²) in [6.07, 6.45) is 1.03. The van der Waals surface area contributed by atoms with Crippen molar-refractivity contribution < 1.29 is 1.41 Å². The molecule has 1 N–H and O–H groups in total. The molecule has 1 nitrogen and oxygen atoms in total. The number of anilines is 1. The lowest BCUT2D eigenvalue weighted by molar-refractivity contribution is 1.11. The van der Waals surface area contributed by atoms with E-state index in [1.54, 1.807) is 5.31 Å². The molecule has 0 unspecified atom stereocenters. The van der Waals surface area contributed by atoms with Crippen LogP contribution < -0.4 is 5.31 Å². The first-order valence-corrected chi connectivity index (χ1v) is 3.22. The van der Waals surface area contributed by atoms with E-state index in [0.717, 1.165) is 18.7 Å². The summed E-state index contributed by atoms with van der Waals surface area (Å²) in [4.78, 5) is 0. The molecule has 46 valence electrons. The van der Waals surface area contributed by atoms with Crippen molar-refractivity contribution in [3.05, 3.63) is 29.8 Å². The van der Waals surface area contributed by atoms with E-state index in [9.17, 15) is 0 Å². The van der Waals surface area contributed by atoms with Crippen molar-refractivity contribution in [3.8, 4) is 0 Å². The zero-order chi connectivity index (χ0) is 6.97. The maximum absolute atomic E-state index is 7.45. The molecule has 1 aromatic carbocycles. The van der Waals surface area contributed by atoms with Gasteiger partial charge in [-0.1, -0.05) is 18.2 Å². The Morgan fingerprint density at radius 3 is 3.22 bits per heavy atom. The summed E-state index contributed by atoms with van der Waals surface area (Å²) >= 11 is 0. The highest BCUT2D eigenvalue weighted by molar-refractivity contribution is 5.54. The molecule has 1 aliphatic heterocycles. The number of hydrogen-bond acceptors (Lipinski definition) is 1. The molecule has 0 fully saturated rings. The van der Waals surface area contributed by atoms with E-state index in [2.05, 4.69) is 6.07 Å². The minimum atomic E-state index is 0.847. The Labute approximate surface area is 56.2 Å². The highest BCUT2D eigenvalue weighted by atomic mass is 14.9. The van der Waals surface area contributed by atoms with Crippen LogP contribution in [0.5, 0.6) is 0 Å². The van der Waals surface area contributed by atoms with Crippen molar-refractivity contribution in [2.24, 2.45) is 0 Å². The molecule has 1 aromatic rings. The molecule has 1 heteroatoms. The van der Waals surface area contributed by atoms with Crippen LogP contribution in [0.1, 0.15) is 5.56 Å². The van der Waals surface area contributed by atoms with E-state index in [0.29, 0.717) is 0 Å². The van der Waals surface area contributed by atoms with Crippen molar-refractivity contribution in [1.29, 1.82) is 0 Å². The molecule has 0 radical (unpaired) electrons. The molecule has 0 saturated heterocycles. The third-order valence-corrected chi connectivity index (χ3v) is 1.65. The van der Waals surface area contributed by atoms with Crippen LogP contribution in [0, 0.1) is 0 Å². The van der Waals surface area contributed by atoms with E-state index < -0.39 is 0 Å². The maximum atomic E-state index is 7.45. The van der Waals surface area contributed by atoms with Gasteiger partial charge < -0.3 is 5.31 Å². The zero-order valence-corrected chi connectivity index (χ0v) is 5.17. The molecule has 0 bridgehead atoms. The second-order valence-corrected chi connectivity index (χ2v) is 2.26. The Balaban J connectivity index is 2.51. The summed E-state index contributed by atoms with van der Waals surface area (Å²) in [5.74, 6) is 0. The lowest BCUT2D eigenvalue weighted by Gasteiger charge is -1.94. The van der Waals surface area contributed by atoms with Crippen LogP contribution in [0.2, 0.25) is 1.41 Å². The largest absolute Gasteiger partial charge is 0.384 e. The summed E-state index contributed by atoms with van der Waals surface area (Å²) in [6, 6.07) is 8.09. The molecular weight excluding hydrogens is 110 g/mol. The van der Waals surface area contributed by atoms with Gasteiger partial charge in [0.1, 0.15) is 0 Å². The van der Waals surface area contributed by atoms with Crippen molar-refractivity contribution in [2.75, 3.05) is 11.9 Å². The van der Waals surface area contributed by atoms with Gasteiger partial charge in [-0.05, 0) is 18.1 Å². The fourth-order valence-corrected chi connectivity index (χ4v) is 1.17. The first-order chi connectivity index (χ1) is 4.88. The van der Waals surface area contributed by atoms with Gasteiger partial charge in [0, 0.05) is 12.2 Å². The Kier molecular flexibility index (Phi) is 0.770. The van der Waals surface area contributed by atoms with Crippen molar-refractivity contribution in [1.82, 2.24) is 0 Å². The Bertz CT molecular complexity index is 247. The molecule has 0 aromatic heterocycles. The van der Waals surface area contributed by atoms with Crippen molar-refractivity contribution in [2.45, 2.75) is 6.42 Å². The Morgan fingerprint density at radius 2 is 2.33 bits per heavy atom. The van der Waals surface area contributed by atoms with E-state index >= 15 is 0 Å². The summed E-state index contributed by atoms with van der Waals surface area (Å²) in [5, 5.41) is 1.55. The second kappa shape index (κ2) is 1.76. The summed E-state index contributed by atoms with van der Waals surface area (Å²) in [5.41, 5.74) is 2.38. The molecule has 9 heavy (non-hydrogen) atoms. The van der Waals surface area contributed by atoms with Gasteiger partial charge in [-0.2, -0.15) is 0 Å². The van der Waals surface area contributed by atoms with Crippen LogP contribution in [0.25, 0.3) is 0 Å². The smallest absolute Gasteiger partial charge is 0.160 e. The second-order valence-electron chi connectivity index (χ2n) is 2.26. The fraction of sp³-hybridized carbons (Fsp3) is 0.250. The van der Waals surface area contributed by atoms with Gasteiger partial charge in [0.2, 0.25) is 0 Å². The third-order valence-electron chi connectivity index (χ3n) is 1.65. The number of nitrogens with one attached hydrogen (secondary N) is 1. The first kappa shape index (κ1) is 3.94. The summed E-state index contributed by atoms with van der Waals surface area (Å²) < 4.78 is 7.45. The molecule has 0 atom stereocenters. The van der Waals surface area contributed by atoms with Crippen molar-refractivity contribution in [3.63, 3.8) is 0 Å². The van der Waals surface area contributed by atoms with Crippen LogP contribution in [-0.4, -0.2) is 6.54 Å². The van der Waals surface area contributed by atoms with Crippen LogP contribution >= 0.6 is 0 Å².